The molecule has 4 nitrogen and oxygen atoms in total. The van der Waals surface area contributed by atoms with Crippen molar-refractivity contribution in [2.75, 3.05) is 11.5 Å². The molecule has 124 valence electrons. The molecule has 1 atom stereocenters. The first kappa shape index (κ1) is 18.5. The average molecular weight is 317 g/mol. The van der Waals surface area contributed by atoms with Gasteiger partial charge in [-0.3, -0.25) is 4.79 Å². The van der Waals surface area contributed by atoms with Gasteiger partial charge in [-0.05, 0) is 12.8 Å². The van der Waals surface area contributed by atoms with Crippen LogP contribution in [0.25, 0.3) is 0 Å². The summed E-state index contributed by atoms with van der Waals surface area (Å²) in [6.07, 6.45) is 12.2. The quantitative estimate of drug-likeness (QED) is 0.595. The molecule has 1 amide bonds. The molecule has 21 heavy (non-hydrogen) atoms. The Kier molecular flexibility index (Phi) is 8.97. The molecule has 1 rings (SSSR count). The van der Waals surface area contributed by atoms with E-state index >= 15 is 0 Å². The van der Waals surface area contributed by atoms with Crippen LogP contribution >= 0.6 is 0 Å². The van der Waals surface area contributed by atoms with Crippen molar-refractivity contribution in [2.45, 2.75) is 83.6 Å². The first-order valence-electron chi connectivity index (χ1n) is 8.53. The lowest BCUT2D eigenvalue weighted by Crippen LogP contribution is -2.35. The Bertz CT molecular complexity index is 392. The first-order valence-corrected chi connectivity index (χ1v) is 10.4. The molecule has 0 spiro atoms. The van der Waals surface area contributed by atoms with Crippen LogP contribution in [0.3, 0.4) is 0 Å². The summed E-state index contributed by atoms with van der Waals surface area (Å²) in [5, 5.41) is 2.84. The van der Waals surface area contributed by atoms with Gasteiger partial charge in [0, 0.05) is 12.5 Å². The van der Waals surface area contributed by atoms with E-state index in [-0.39, 0.29) is 23.5 Å². The molecule has 1 aliphatic heterocycles. The van der Waals surface area contributed by atoms with Crippen molar-refractivity contribution in [3.8, 4) is 0 Å². The van der Waals surface area contributed by atoms with Crippen LogP contribution in [0.15, 0.2) is 0 Å². The zero-order valence-corrected chi connectivity index (χ0v) is 14.2. The summed E-state index contributed by atoms with van der Waals surface area (Å²) in [5.41, 5.74) is 0. The monoisotopic (exact) mass is 317 g/mol. The lowest BCUT2D eigenvalue weighted by molar-refractivity contribution is -0.121. The average Bonchev–Trinajstić information content (AvgIpc) is 2.76. The molecule has 0 aliphatic carbocycles. The van der Waals surface area contributed by atoms with E-state index in [1.165, 1.54) is 44.9 Å². The maximum atomic E-state index is 11.7. The molecule has 1 saturated heterocycles. The van der Waals surface area contributed by atoms with E-state index in [9.17, 15) is 13.2 Å². The van der Waals surface area contributed by atoms with Crippen molar-refractivity contribution in [1.29, 1.82) is 0 Å². The Morgan fingerprint density at radius 2 is 1.57 bits per heavy atom. The maximum absolute atomic E-state index is 11.7. The predicted molar refractivity (Wildman–Crippen MR) is 87.0 cm³/mol. The number of amides is 1. The molecular formula is C16H31NO3S. The van der Waals surface area contributed by atoms with E-state index in [4.69, 9.17) is 0 Å². The molecule has 0 aromatic rings. The highest BCUT2D eigenvalue weighted by Crippen LogP contribution is 2.13. The Hall–Kier alpha value is -0.580. The Morgan fingerprint density at radius 1 is 1.00 bits per heavy atom. The Balaban J connectivity index is 1.92. The molecule has 0 bridgehead atoms. The first-order chi connectivity index (χ1) is 10.0. The summed E-state index contributed by atoms with van der Waals surface area (Å²) in [4.78, 5) is 11.7. The van der Waals surface area contributed by atoms with Gasteiger partial charge >= 0.3 is 0 Å². The number of nitrogens with one attached hydrogen (secondary N) is 1. The minimum Gasteiger partial charge on any atom is -0.352 e. The van der Waals surface area contributed by atoms with Crippen molar-refractivity contribution in [2.24, 2.45) is 0 Å². The van der Waals surface area contributed by atoms with E-state index in [2.05, 4.69) is 12.2 Å². The third-order valence-electron chi connectivity index (χ3n) is 4.10. The molecule has 1 aliphatic rings. The van der Waals surface area contributed by atoms with Gasteiger partial charge in [0.1, 0.15) is 0 Å². The fourth-order valence-electron chi connectivity index (χ4n) is 2.80. The number of carbonyl (C=O) groups excluding carboxylic acids is 1. The topological polar surface area (TPSA) is 63.2 Å². The van der Waals surface area contributed by atoms with Crippen LogP contribution in [0.5, 0.6) is 0 Å². The summed E-state index contributed by atoms with van der Waals surface area (Å²) >= 11 is 0. The Morgan fingerprint density at radius 3 is 2.10 bits per heavy atom. The van der Waals surface area contributed by atoms with Crippen molar-refractivity contribution in [3.63, 3.8) is 0 Å². The second kappa shape index (κ2) is 10.2. The molecule has 5 heteroatoms. The zero-order chi connectivity index (χ0) is 15.6. The lowest BCUT2D eigenvalue weighted by Gasteiger charge is -2.10. The number of hydrogen-bond donors (Lipinski definition) is 1. The maximum Gasteiger partial charge on any atom is 0.220 e. The largest absolute Gasteiger partial charge is 0.352 e. The number of sulfone groups is 1. The third kappa shape index (κ3) is 9.12. The van der Waals surface area contributed by atoms with Crippen LogP contribution < -0.4 is 5.32 Å². The highest BCUT2D eigenvalue weighted by Gasteiger charge is 2.28. The van der Waals surface area contributed by atoms with Crippen LogP contribution in [0.1, 0.15) is 77.6 Å². The zero-order valence-electron chi connectivity index (χ0n) is 13.4. The second-order valence-corrected chi connectivity index (χ2v) is 8.47. The molecule has 0 saturated carbocycles. The van der Waals surface area contributed by atoms with Crippen LogP contribution in [0.4, 0.5) is 0 Å². The van der Waals surface area contributed by atoms with Gasteiger partial charge in [-0.25, -0.2) is 8.42 Å². The minimum absolute atomic E-state index is 0.0139. The van der Waals surface area contributed by atoms with Crippen LogP contribution in [-0.2, 0) is 14.6 Å². The predicted octanol–water partition coefficient (Wildman–Crippen LogP) is 3.21. The number of hydrogen-bond acceptors (Lipinski definition) is 3. The van der Waals surface area contributed by atoms with E-state index in [1.807, 2.05) is 0 Å². The Labute approximate surface area is 130 Å². The highest BCUT2D eigenvalue weighted by atomic mass is 32.2. The summed E-state index contributed by atoms with van der Waals surface area (Å²) in [5.74, 6) is 0.354. The standard InChI is InChI=1S/C16H31NO3S/c1-2-3-4-5-6-7-8-9-10-11-16(18)17-15-12-13-21(19,20)14-15/h15H,2-14H2,1H3,(H,17,18)/t15-/m0/s1. The third-order valence-corrected chi connectivity index (χ3v) is 5.87. The van der Waals surface area contributed by atoms with Crippen LogP contribution in [0, 0.1) is 0 Å². The summed E-state index contributed by atoms with van der Waals surface area (Å²) in [6, 6.07) is -0.152. The molecule has 1 N–H and O–H groups in total. The van der Waals surface area contributed by atoms with Gasteiger partial charge in [0.05, 0.1) is 11.5 Å². The summed E-state index contributed by atoms with van der Waals surface area (Å²) < 4.78 is 22.6. The van der Waals surface area contributed by atoms with Crippen molar-refractivity contribution in [1.82, 2.24) is 5.32 Å². The molecule has 0 radical (unpaired) electrons. The normalized spacial score (nSPS) is 20.5. The van der Waals surface area contributed by atoms with Gasteiger partial charge in [0.2, 0.25) is 5.91 Å². The molecule has 0 aromatic carbocycles. The van der Waals surface area contributed by atoms with E-state index in [0.717, 1.165) is 12.8 Å². The second-order valence-electron chi connectivity index (χ2n) is 6.25. The number of carbonyl (C=O) groups is 1. The fraction of sp³-hybridized carbons (Fsp3) is 0.938. The SMILES string of the molecule is CCCCCCCCCCCC(=O)N[C@H]1CCS(=O)(=O)C1. The van der Waals surface area contributed by atoms with Gasteiger partial charge in [0.25, 0.3) is 0 Å². The van der Waals surface area contributed by atoms with Gasteiger partial charge in [-0.2, -0.15) is 0 Å². The number of unbranched alkanes of at least 4 members (excludes halogenated alkanes) is 8. The van der Waals surface area contributed by atoms with Gasteiger partial charge in [-0.15, -0.1) is 0 Å². The van der Waals surface area contributed by atoms with E-state index in [1.54, 1.807) is 0 Å². The summed E-state index contributed by atoms with van der Waals surface area (Å²) in [6.45, 7) is 2.23. The highest BCUT2D eigenvalue weighted by molar-refractivity contribution is 7.91. The van der Waals surface area contributed by atoms with E-state index in [0.29, 0.717) is 12.8 Å². The van der Waals surface area contributed by atoms with Crippen LogP contribution in [0.2, 0.25) is 0 Å². The lowest BCUT2D eigenvalue weighted by atomic mass is 10.1. The molecule has 0 aromatic heterocycles. The van der Waals surface area contributed by atoms with E-state index < -0.39 is 9.84 Å². The minimum atomic E-state index is -2.90. The molecule has 1 fully saturated rings. The van der Waals surface area contributed by atoms with Gasteiger partial charge in [0.15, 0.2) is 9.84 Å². The molecule has 0 unspecified atom stereocenters. The van der Waals surface area contributed by atoms with Crippen molar-refractivity contribution < 1.29 is 13.2 Å². The van der Waals surface area contributed by atoms with Crippen molar-refractivity contribution in [3.05, 3.63) is 0 Å². The smallest absolute Gasteiger partial charge is 0.220 e. The fourth-order valence-corrected chi connectivity index (χ4v) is 4.48. The molecule has 1 heterocycles. The summed E-state index contributed by atoms with van der Waals surface area (Å²) in [7, 11) is -2.90. The van der Waals surface area contributed by atoms with Gasteiger partial charge in [-0.1, -0.05) is 58.3 Å². The van der Waals surface area contributed by atoms with Gasteiger partial charge < -0.3 is 5.32 Å². The van der Waals surface area contributed by atoms with Crippen LogP contribution in [-0.4, -0.2) is 31.9 Å². The van der Waals surface area contributed by atoms with Crippen molar-refractivity contribution >= 4 is 15.7 Å². The number of rotatable bonds is 11. The molecular weight excluding hydrogens is 286 g/mol.